The normalized spacial score (nSPS) is 24.0. The molecule has 0 radical (unpaired) electrons. The van der Waals surface area contributed by atoms with Crippen LogP contribution in [-0.2, 0) is 27.9 Å². The lowest BCUT2D eigenvalue weighted by Crippen LogP contribution is -2.64. The zero-order valence-corrected chi connectivity index (χ0v) is 33.5. The number of aliphatic hydroxyl groups is 5. The van der Waals surface area contributed by atoms with Gasteiger partial charge in [-0.15, -0.1) is 0 Å². The maximum Gasteiger partial charge on any atom is 0.472 e. The number of allylic oxidation sites excluding steroid dienone is 6. The number of esters is 1. The van der Waals surface area contributed by atoms with Crippen LogP contribution in [0.25, 0.3) is 0 Å². The highest BCUT2D eigenvalue weighted by atomic mass is 31.2. The lowest BCUT2D eigenvalue weighted by Gasteiger charge is -2.41. The molecule has 0 bridgehead atoms. The molecule has 0 aromatic rings. The van der Waals surface area contributed by atoms with Crippen LogP contribution in [0.2, 0.25) is 0 Å². The summed E-state index contributed by atoms with van der Waals surface area (Å²) < 4.78 is 34.0. The van der Waals surface area contributed by atoms with Crippen LogP contribution in [0.3, 0.4) is 0 Å². The molecule has 6 unspecified atom stereocenters. The fourth-order valence-electron chi connectivity index (χ4n) is 6.02. The first-order chi connectivity index (χ1) is 25.5. The molecular formula is C40H73O12P. The Morgan fingerprint density at radius 2 is 1.11 bits per heavy atom. The Balaban J connectivity index is 2.48. The third kappa shape index (κ3) is 24.6. The highest BCUT2D eigenvalue weighted by molar-refractivity contribution is 7.47. The Hall–Kier alpha value is -1.44. The number of hydrogen-bond donors (Lipinski definition) is 6. The number of unbranched alkanes of at least 4 members (excludes halogenated alkanes) is 15. The molecule has 1 aliphatic carbocycles. The Morgan fingerprint density at radius 3 is 1.68 bits per heavy atom. The number of ether oxygens (including phenoxy) is 2. The van der Waals surface area contributed by atoms with Gasteiger partial charge in [0.1, 0.15) is 42.7 Å². The van der Waals surface area contributed by atoms with Gasteiger partial charge in [-0.25, -0.2) is 4.57 Å². The summed E-state index contributed by atoms with van der Waals surface area (Å²) in [5.74, 6) is -0.506. The Morgan fingerprint density at radius 1 is 0.623 bits per heavy atom. The van der Waals surface area contributed by atoms with E-state index in [1.165, 1.54) is 64.2 Å². The van der Waals surface area contributed by atoms with E-state index in [-0.39, 0.29) is 13.0 Å². The second-order valence-corrected chi connectivity index (χ2v) is 15.5. The number of carbonyl (C=O) groups is 1. The van der Waals surface area contributed by atoms with E-state index in [2.05, 4.69) is 50.3 Å². The number of aliphatic hydroxyl groups excluding tert-OH is 5. The molecule has 0 amide bonds. The zero-order chi connectivity index (χ0) is 39.2. The highest BCUT2D eigenvalue weighted by Gasteiger charge is 2.51. The fourth-order valence-corrected chi connectivity index (χ4v) is 6.99. The second kappa shape index (κ2) is 31.7. The largest absolute Gasteiger partial charge is 0.472 e. The van der Waals surface area contributed by atoms with Crippen molar-refractivity contribution in [1.29, 1.82) is 0 Å². The van der Waals surface area contributed by atoms with Crippen LogP contribution in [0.4, 0.5) is 0 Å². The molecule has 1 rings (SSSR count). The summed E-state index contributed by atoms with van der Waals surface area (Å²) >= 11 is 0. The first-order valence-electron chi connectivity index (χ1n) is 20.3. The van der Waals surface area contributed by atoms with Crippen molar-refractivity contribution in [3.63, 3.8) is 0 Å². The maximum atomic E-state index is 12.7. The molecule has 12 nitrogen and oxygen atoms in total. The molecule has 310 valence electrons. The molecule has 6 N–H and O–H groups in total. The smallest absolute Gasteiger partial charge is 0.457 e. The lowest BCUT2D eigenvalue weighted by atomic mass is 9.85. The van der Waals surface area contributed by atoms with Crippen molar-refractivity contribution < 1.29 is 58.3 Å². The SMILES string of the molecule is CC/C=C\C/C=C\C/C=C\CCCCCC(=O)OC(COCCCCCCCCCCCCCCC)COP(=O)(O)OC1C(O)C(O)C(O)C(O)C1O. The third-order valence-corrected chi connectivity index (χ3v) is 10.3. The zero-order valence-electron chi connectivity index (χ0n) is 32.6. The van der Waals surface area contributed by atoms with Gasteiger partial charge < -0.3 is 39.9 Å². The molecule has 1 fully saturated rings. The Bertz CT molecular complexity index is 1020. The van der Waals surface area contributed by atoms with E-state index in [0.717, 1.165) is 57.8 Å². The van der Waals surface area contributed by atoms with E-state index in [1.807, 2.05) is 0 Å². The van der Waals surface area contributed by atoms with Gasteiger partial charge in [-0.1, -0.05) is 134 Å². The van der Waals surface area contributed by atoms with E-state index in [1.54, 1.807) is 0 Å². The molecule has 1 saturated carbocycles. The van der Waals surface area contributed by atoms with E-state index in [9.17, 15) is 39.8 Å². The van der Waals surface area contributed by atoms with Crippen LogP contribution in [0.1, 0.15) is 149 Å². The minimum atomic E-state index is -5.02. The molecule has 0 aliphatic heterocycles. The number of phosphoric ester groups is 1. The van der Waals surface area contributed by atoms with Crippen molar-refractivity contribution in [2.24, 2.45) is 0 Å². The molecule has 0 aromatic heterocycles. The van der Waals surface area contributed by atoms with Gasteiger partial charge in [0, 0.05) is 13.0 Å². The Kier molecular flexibility index (Phi) is 29.7. The average Bonchev–Trinajstić information content (AvgIpc) is 3.14. The molecule has 0 saturated heterocycles. The number of rotatable bonds is 33. The van der Waals surface area contributed by atoms with Gasteiger partial charge in [-0.05, 0) is 44.9 Å². The van der Waals surface area contributed by atoms with Crippen molar-refractivity contribution in [2.75, 3.05) is 19.8 Å². The first-order valence-corrected chi connectivity index (χ1v) is 21.8. The van der Waals surface area contributed by atoms with Gasteiger partial charge in [0.15, 0.2) is 0 Å². The van der Waals surface area contributed by atoms with Gasteiger partial charge in [0.2, 0.25) is 0 Å². The minimum absolute atomic E-state index is 0.0869. The monoisotopic (exact) mass is 776 g/mol. The van der Waals surface area contributed by atoms with E-state index in [4.69, 9.17) is 18.5 Å². The molecule has 0 heterocycles. The summed E-state index contributed by atoms with van der Waals surface area (Å²) in [6, 6.07) is 0. The van der Waals surface area contributed by atoms with Gasteiger partial charge >= 0.3 is 13.8 Å². The lowest BCUT2D eigenvalue weighted by molar-refractivity contribution is -0.220. The van der Waals surface area contributed by atoms with Gasteiger partial charge in [-0.2, -0.15) is 0 Å². The van der Waals surface area contributed by atoms with Crippen molar-refractivity contribution in [1.82, 2.24) is 0 Å². The molecule has 0 spiro atoms. The van der Waals surface area contributed by atoms with E-state index < -0.39 is 63.1 Å². The quantitative estimate of drug-likeness (QED) is 0.0171. The molecule has 0 aromatic carbocycles. The molecule has 13 heteroatoms. The number of carbonyl (C=O) groups excluding carboxylic acids is 1. The maximum absolute atomic E-state index is 12.7. The summed E-state index contributed by atoms with van der Waals surface area (Å²) in [6.45, 7) is 4.09. The summed E-state index contributed by atoms with van der Waals surface area (Å²) in [4.78, 5) is 23.0. The average molecular weight is 777 g/mol. The third-order valence-electron chi connectivity index (χ3n) is 9.28. The van der Waals surface area contributed by atoms with Crippen LogP contribution in [-0.4, -0.2) is 98.9 Å². The van der Waals surface area contributed by atoms with Crippen molar-refractivity contribution in [2.45, 2.75) is 191 Å². The van der Waals surface area contributed by atoms with Gasteiger partial charge in [-0.3, -0.25) is 13.8 Å². The summed E-state index contributed by atoms with van der Waals surface area (Å²) in [6.07, 6.45) is 22.3. The number of phosphoric acid groups is 1. The van der Waals surface area contributed by atoms with E-state index >= 15 is 0 Å². The second-order valence-electron chi connectivity index (χ2n) is 14.1. The summed E-state index contributed by atoms with van der Waals surface area (Å²) in [5.41, 5.74) is 0. The van der Waals surface area contributed by atoms with Crippen LogP contribution in [0.5, 0.6) is 0 Å². The topological polar surface area (TPSA) is 192 Å². The number of hydrogen-bond acceptors (Lipinski definition) is 11. The van der Waals surface area contributed by atoms with Crippen LogP contribution >= 0.6 is 7.82 Å². The van der Waals surface area contributed by atoms with Crippen molar-refractivity contribution >= 4 is 13.8 Å². The van der Waals surface area contributed by atoms with Crippen molar-refractivity contribution in [3.8, 4) is 0 Å². The van der Waals surface area contributed by atoms with Crippen LogP contribution in [0, 0.1) is 0 Å². The fraction of sp³-hybridized carbons (Fsp3) is 0.825. The molecular weight excluding hydrogens is 703 g/mol. The van der Waals surface area contributed by atoms with Gasteiger partial charge in [0.05, 0.1) is 13.2 Å². The summed E-state index contributed by atoms with van der Waals surface area (Å²) in [7, 11) is -5.02. The summed E-state index contributed by atoms with van der Waals surface area (Å²) in [5, 5.41) is 50.0. The predicted molar refractivity (Wildman–Crippen MR) is 207 cm³/mol. The molecule has 53 heavy (non-hydrogen) atoms. The highest BCUT2D eigenvalue weighted by Crippen LogP contribution is 2.47. The van der Waals surface area contributed by atoms with Gasteiger partial charge in [0.25, 0.3) is 0 Å². The molecule has 1 aliphatic rings. The predicted octanol–water partition coefficient (Wildman–Crippen LogP) is 7.14. The first kappa shape index (κ1) is 49.6. The van der Waals surface area contributed by atoms with Crippen LogP contribution in [0.15, 0.2) is 36.5 Å². The van der Waals surface area contributed by atoms with Crippen molar-refractivity contribution in [3.05, 3.63) is 36.5 Å². The minimum Gasteiger partial charge on any atom is -0.457 e. The standard InChI is InChI=1S/C40H73O12P/c1-3-5-7-9-11-13-15-17-19-21-23-25-27-29-34(41)51-33(31-49-30-28-26-24-22-20-18-16-14-12-10-8-6-4-2)32-50-53(47,48)52-40-38(45)36(43)35(42)37(44)39(40)46/h5,7,11,13,17,19,33,35-40,42-46H,3-4,6,8-10,12,14-16,18,20-32H2,1-2H3,(H,47,48)/b7-5-,13-11-,19-17-. The van der Waals surface area contributed by atoms with Crippen LogP contribution < -0.4 is 0 Å². The van der Waals surface area contributed by atoms with E-state index in [0.29, 0.717) is 13.0 Å². The molecule has 6 atom stereocenters. The Labute approximate surface area is 319 Å².